The second kappa shape index (κ2) is 6.69. The molecule has 0 aromatic carbocycles. The molecule has 1 atom stereocenters. The van der Waals surface area contributed by atoms with Crippen LogP contribution < -0.4 is 5.73 Å². The Morgan fingerprint density at radius 2 is 2.05 bits per heavy atom. The van der Waals surface area contributed by atoms with Gasteiger partial charge >= 0.3 is 0 Å². The topological polar surface area (TPSA) is 81.2 Å². The van der Waals surface area contributed by atoms with Gasteiger partial charge in [-0.3, -0.25) is 0 Å². The van der Waals surface area contributed by atoms with Gasteiger partial charge in [-0.25, -0.2) is 13.4 Å². The SMILES string of the molecule is CCn1cc(S(=O)(=O)N(C)CCC(N)C(C)C)nc1C. The van der Waals surface area contributed by atoms with E-state index in [1.165, 1.54) is 4.31 Å². The standard InChI is InChI=1S/C13H26N4O2S/c1-6-17-9-13(15-11(17)4)20(18,19)16(5)8-7-12(14)10(2)3/h9-10,12H,6-8,14H2,1-5H3. The lowest BCUT2D eigenvalue weighted by Crippen LogP contribution is -2.34. The van der Waals surface area contributed by atoms with Gasteiger partial charge in [-0.1, -0.05) is 13.8 Å². The van der Waals surface area contributed by atoms with Crippen LogP contribution in [0.2, 0.25) is 0 Å². The smallest absolute Gasteiger partial charge is 0.261 e. The number of aryl methyl sites for hydroxylation is 2. The molecule has 0 saturated heterocycles. The van der Waals surface area contributed by atoms with E-state index in [-0.39, 0.29) is 11.1 Å². The van der Waals surface area contributed by atoms with Crippen LogP contribution in [-0.2, 0) is 16.6 Å². The minimum Gasteiger partial charge on any atom is -0.334 e. The summed E-state index contributed by atoms with van der Waals surface area (Å²) in [6.07, 6.45) is 2.23. The molecule has 0 aliphatic carbocycles. The number of nitrogens with zero attached hydrogens (tertiary/aromatic N) is 3. The fourth-order valence-corrected chi connectivity index (χ4v) is 3.04. The fourth-order valence-electron chi connectivity index (χ4n) is 1.87. The molecule has 0 bridgehead atoms. The van der Waals surface area contributed by atoms with Gasteiger partial charge in [-0.05, 0) is 26.2 Å². The van der Waals surface area contributed by atoms with E-state index in [1.54, 1.807) is 20.2 Å². The summed E-state index contributed by atoms with van der Waals surface area (Å²) in [5, 5.41) is 0.109. The lowest BCUT2D eigenvalue weighted by Gasteiger charge is -2.20. The molecule has 0 radical (unpaired) electrons. The maximum absolute atomic E-state index is 12.4. The Bertz CT molecular complexity index is 537. The summed E-state index contributed by atoms with van der Waals surface area (Å²) in [7, 11) is -1.95. The number of hydrogen-bond donors (Lipinski definition) is 1. The number of aromatic nitrogens is 2. The lowest BCUT2D eigenvalue weighted by molar-refractivity contribution is 0.396. The van der Waals surface area contributed by atoms with Crippen LogP contribution in [0.25, 0.3) is 0 Å². The van der Waals surface area contributed by atoms with E-state index in [4.69, 9.17) is 5.73 Å². The predicted octanol–water partition coefficient (Wildman–Crippen LogP) is 1.21. The predicted molar refractivity (Wildman–Crippen MR) is 79.9 cm³/mol. The van der Waals surface area contributed by atoms with E-state index >= 15 is 0 Å². The molecule has 0 saturated carbocycles. The minimum absolute atomic E-state index is 0.00239. The highest BCUT2D eigenvalue weighted by Crippen LogP contribution is 2.15. The van der Waals surface area contributed by atoms with Crippen molar-refractivity contribution in [1.29, 1.82) is 0 Å². The molecule has 6 nitrogen and oxygen atoms in total. The Labute approximate surface area is 122 Å². The number of nitrogens with two attached hydrogens (primary N) is 1. The van der Waals surface area contributed by atoms with Crippen LogP contribution in [-0.4, -0.2) is 41.9 Å². The Morgan fingerprint density at radius 3 is 2.50 bits per heavy atom. The highest BCUT2D eigenvalue weighted by atomic mass is 32.2. The van der Waals surface area contributed by atoms with Crippen molar-refractivity contribution in [3.8, 4) is 0 Å². The van der Waals surface area contributed by atoms with Gasteiger partial charge in [0.05, 0.1) is 0 Å². The van der Waals surface area contributed by atoms with Crippen LogP contribution in [0.15, 0.2) is 11.2 Å². The zero-order chi connectivity index (χ0) is 15.5. The van der Waals surface area contributed by atoms with Gasteiger partial charge in [0.2, 0.25) is 0 Å². The molecule has 2 N–H and O–H groups in total. The third-order valence-corrected chi connectivity index (χ3v) is 5.33. The summed E-state index contributed by atoms with van der Waals surface area (Å²) < 4.78 is 28.0. The first-order valence-corrected chi connectivity index (χ1v) is 8.39. The summed E-state index contributed by atoms with van der Waals surface area (Å²) in [5.41, 5.74) is 5.96. The van der Waals surface area contributed by atoms with Crippen LogP contribution >= 0.6 is 0 Å². The van der Waals surface area contributed by atoms with Gasteiger partial charge in [-0.15, -0.1) is 0 Å². The van der Waals surface area contributed by atoms with E-state index in [1.807, 2.05) is 25.3 Å². The Kier molecular flexibility index (Phi) is 5.73. The lowest BCUT2D eigenvalue weighted by atomic mass is 10.0. The molecule has 20 heavy (non-hydrogen) atoms. The normalized spacial score (nSPS) is 14.2. The quantitative estimate of drug-likeness (QED) is 0.820. The van der Waals surface area contributed by atoms with Crippen molar-refractivity contribution in [3.63, 3.8) is 0 Å². The van der Waals surface area contributed by atoms with E-state index in [9.17, 15) is 8.42 Å². The molecule has 7 heteroatoms. The maximum Gasteiger partial charge on any atom is 0.261 e. The molecular weight excluding hydrogens is 276 g/mol. The van der Waals surface area contributed by atoms with E-state index in [0.29, 0.717) is 31.3 Å². The number of sulfonamides is 1. The van der Waals surface area contributed by atoms with Gasteiger partial charge < -0.3 is 10.3 Å². The van der Waals surface area contributed by atoms with E-state index in [2.05, 4.69) is 4.98 Å². The number of hydrogen-bond acceptors (Lipinski definition) is 4. The molecule has 0 aliphatic rings. The Hall–Kier alpha value is -0.920. The number of rotatable bonds is 7. The van der Waals surface area contributed by atoms with Crippen LogP contribution in [0.4, 0.5) is 0 Å². The van der Waals surface area contributed by atoms with Crippen LogP contribution in [0.3, 0.4) is 0 Å². The highest BCUT2D eigenvalue weighted by molar-refractivity contribution is 7.89. The molecule has 0 amide bonds. The summed E-state index contributed by atoms with van der Waals surface area (Å²) in [4.78, 5) is 4.14. The van der Waals surface area contributed by atoms with Crippen molar-refractivity contribution in [2.24, 2.45) is 11.7 Å². The van der Waals surface area contributed by atoms with E-state index in [0.717, 1.165) is 0 Å². The van der Waals surface area contributed by atoms with Crippen molar-refractivity contribution in [1.82, 2.24) is 13.9 Å². The summed E-state index contributed by atoms with van der Waals surface area (Å²) >= 11 is 0. The molecule has 0 spiro atoms. The Morgan fingerprint density at radius 1 is 1.45 bits per heavy atom. The minimum atomic E-state index is -3.53. The molecule has 1 heterocycles. The van der Waals surface area contributed by atoms with Crippen molar-refractivity contribution in [2.45, 2.75) is 51.7 Å². The van der Waals surface area contributed by atoms with Crippen molar-refractivity contribution in [2.75, 3.05) is 13.6 Å². The third-order valence-electron chi connectivity index (χ3n) is 3.60. The monoisotopic (exact) mass is 302 g/mol. The molecule has 1 aromatic heterocycles. The number of imidazole rings is 1. The van der Waals surface area contributed by atoms with Crippen LogP contribution in [0.1, 0.15) is 33.0 Å². The molecule has 1 unspecified atom stereocenters. The largest absolute Gasteiger partial charge is 0.334 e. The average molecular weight is 302 g/mol. The average Bonchev–Trinajstić information content (AvgIpc) is 2.77. The van der Waals surface area contributed by atoms with Gasteiger partial charge in [0, 0.05) is 32.4 Å². The third kappa shape index (κ3) is 3.80. The second-order valence-corrected chi connectivity index (χ2v) is 7.43. The summed E-state index contributed by atoms with van der Waals surface area (Å²) in [6, 6.07) is 0.00239. The van der Waals surface area contributed by atoms with Gasteiger partial charge in [0.15, 0.2) is 5.03 Å². The maximum atomic E-state index is 12.4. The first-order chi connectivity index (χ1) is 9.20. The zero-order valence-electron chi connectivity index (χ0n) is 13.0. The molecule has 1 rings (SSSR count). The first-order valence-electron chi connectivity index (χ1n) is 6.95. The summed E-state index contributed by atoms with van der Waals surface area (Å²) in [5.74, 6) is 1.05. The molecule has 0 aliphatic heterocycles. The summed E-state index contributed by atoms with van der Waals surface area (Å²) in [6.45, 7) is 8.93. The molecule has 116 valence electrons. The zero-order valence-corrected chi connectivity index (χ0v) is 13.8. The van der Waals surface area contributed by atoms with Crippen LogP contribution in [0, 0.1) is 12.8 Å². The van der Waals surface area contributed by atoms with Crippen molar-refractivity contribution >= 4 is 10.0 Å². The van der Waals surface area contributed by atoms with Crippen LogP contribution in [0.5, 0.6) is 0 Å². The second-order valence-electron chi connectivity index (χ2n) is 5.44. The molecular formula is C13H26N4O2S. The molecule has 1 aromatic rings. The highest BCUT2D eigenvalue weighted by Gasteiger charge is 2.25. The van der Waals surface area contributed by atoms with E-state index < -0.39 is 10.0 Å². The molecule has 0 fully saturated rings. The van der Waals surface area contributed by atoms with Gasteiger partial charge in [-0.2, -0.15) is 4.31 Å². The fraction of sp³-hybridized carbons (Fsp3) is 0.769. The van der Waals surface area contributed by atoms with Gasteiger partial charge in [0.1, 0.15) is 5.82 Å². The first kappa shape index (κ1) is 17.1. The Balaban J connectivity index is 2.81. The van der Waals surface area contributed by atoms with Gasteiger partial charge in [0.25, 0.3) is 10.0 Å². The van der Waals surface area contributed by atoms with Crippen molar-refractivity contribution in [3.05, 3.63) is 12.0 Å². The van der Waals surface area contributed by atoms with Crippen molar-refractivity contribution < 1.29 is 8.42 Å².